The first-order valence-electron chi connectivity index (χ1n) is 4.70. The van der Waals surface area contributed by atoms with Gasteiger partial charge in [0.15, 0.2) is 0 Å². The van der Waals surface area contributed by atoms with Crippen molar-refractivity contribution in [1.82, 2.24) is 5.32 Å². The summed E-state index contributed by atoms with van der Waals surface area (Å²) in [6, 6.07) is -0.296. The Morgan fingerprint density at radius 2 is 2.42 bits per heavy atom. The molecular weight excluding hydrogens is 154 g/mol. The third kappa shape index (κ3) is 2.48. The van der Waals surface area contributed by atoms with Crippen LogP contribution in [0.5, 0.6) is 0 Å². The molecule has 0 spiro atoms. The zero-order chi connectivity index (χ0) is 8.97. The fourth-order valence-electron chi connectivity index (χ4n) is 1.85. The van der Waals surface area contributed by atoms with E-state index in [9.17, 15) is 4.79 Å². The van der Waals surface area contributed by atoms with E-state index in [1.807, 2.05) is 0 Å². The molecule has 70 valence electrons. The zero-order valence-electron chi connectivity index (χ0n) is 7.55. The second-order valence-corrected chi connectivity index (χ2v) is 3.52. The zero-order valence-corrected chi connectivity index (χ0v) is 7.55. The normalized spacial score (nSPS) is 30.1. The van der Waals surface area contributed by atoms with E-state index in [-0.39, 0.29) is 6.04 Å². The lowest BCUT2D eigenvalue weighted by molar-refractivity contribution is -0.140. The van der Waals surface area contributed by atoms with Crippen molar-refractivity contribution in [3.8, 4) is 0 Å². The number of carbonyl (C=O) groups is 1. The van der Waals surface area contributed by atoms with Crippen LogP contribution in [0.25, 0.3) is 0 Å². The van der Waals surface area contributed by atoms with Gasteiger partial charge < -0.3 is 10.4 Å². The number of nitrogens with one attached hydrogen (secondary N) is 1. The van der Waals surface area contributed by atoms with Crippen LogP contribution in [0.3, 0.4) is 0 Å². The Bertz CT molecular complexity index is 157. The van der Waals surface area contributed by atoms with Crippen molar-refractivity contribution in [2.24, 2.45) is 5.92 Å². The molecule has 1 fully saturated rings. The van der Waals surface area contributed by atoms with E-state index in [0.717, 1.165) is 25.8 Å². The summed E-state index contributed by atoms with van der Waals surface area (Å²) >= 11 is 0. The maximum absolute atomic E-state index is 10.6. The Kier molecular flexibility index (Phi) is 3.53. The van der Waals surface area contributed by atoms with Crippen molar-refractivity contribution in [3.05, 3.63) is 0 Å². The Morgan fingerprint density at radius 3 is 3.00 bits per heavy atom. The first-order valence-corrected chi connectivity index (χ1v) is 4.70. The lowest BCUT2D eigenvalue weighted by Gasteiger charge is -2.27. The highest BCUT2D eigenvalue weighted by Crippen LogP contribution is 2.20. The highest BCUT2D eigenvalue weighted by atomic mass is 16.4. The van der Waals surface area contributed by atoms with Gasteiger partial charge in [-0.15, -0.1) is 0 Å². The van der Waals surface area contributed by atoms with E-state index < -0.39 is 5.97 Å². The molecule has 0 bridgehead atoms. The van der Waals surface area contributed by atoms with Crippen LogP contribution >= 0.6 is 0 Å². The molecule has 0 aliphatic carbocycles. The molecule has 0 unspecified atom stereocenters. The summed E-state index contributed by atoms with van der Waals surface area (Å²) in [5, 5.41) is 11.8. The van der Waals surface area contributed by atoms with Crippen molar-refractivity contribution >= 4 is 5.97 Å². The van der Waals surface area contributed by atoms with Gasteiger partial charge in [0.05, 0.1) is 0 Å². The molecule has 12 heavy (non-hydrogen) atoms. The molecule has 0 radical (unpaired) electrons. The number of aliphatic carboxylic acids is 1. The minimum absolute atomic E-state index is 0.296. The number of hydrogen-bond donors (Lipinski definition) is 2. The number of carboxylic acid groups (broad SMARTS) is 1. The molecule has 2 N–H and O–H groups in total. The van der Waals surface area contributed by atoms with Gasteiger partial charge in [-0.05, 0) is 25.3 Å². The number of hydrogen-bond acceptors (Lipinski definition) is 2. The van der Waals surface area contributed by atoms with Crippen molar-refractivity contribution in [2.75, 3.05) is 6.54 Å². The summed E-state index contributed by atoms with van der Waals surface area (Å²) in [4.78, 5) is 10.6. The van der Waals surface area contributed by atoms with Crippen LogP contribution in [0.15, 0.2) is 0 Å². The van der Waals surface area contributed by atoms with Gasteiger partial charge in [-0.1, -0.05) is 19.8 Å². The summed E-state index contributed by atoms with van der Waals surface area (Å²) in [5.74, 6) is -0.0758. The van der Waals surface area contributed by atoms with Gasteiger partial charge >= 0.3 is 5.97 Å². The topological polar surface area (TPSA) is 49.3 Å². The van der Waals surface area contributed by atoms with Gasteiger partial charge in [0, 0.05) is 0 Å². The van der Waals surface area contributed by atoms with E-state index in [4.69, 9.17) is 5.11 Å². The summed E-state index contributed by atoms with van der Waals surface area (Å²) in [6.45, 7) is 3.01. The minimum atomic E-state index is -0.698. The SMILES string of the molecule is CCC[C@@H]1CCN[C@@H](C(=O)O)C1. The lowest BCUT2D eigenvalue weighted by Crippen LogP contribution is -2.43. The first-order chi connectivity index (χ1) is 5.74. The van der Waals surface area contributed by atoms with Crippen LogP contribution in [-0.2, 0) is 4.79 Å². The van der Waals surface area contributed by atoms with Gasteiger partial charge in [-0.3, -0.25) is 4.79 Å². The second-order valence-electron chi connectivity index (χ2n) is 3.52. The molecule has 1 aliphatic heterocycles. The predicted octanol–water partition coefficient (Wildman–Crippen LogP) is 1.24. The molecule has 1 saturated heterocycles. The number of rotatable bonds is 3. The van der Waals surface area contributed by atoms with Crippen LogP contribution in [0.1, 0.15) is 32.6 Å². The van der Waals surface area contributed by atoms with E-state index in [1.54, 1.807) is 0 Å². The van der Waals surface area contributed by atoms with Gasteiger partial charge in [0.25, 0.3) is 0 Å². The third-order valence-corrected chi connectivity index (χ3v) is 2.51. The van der Waals surface area contributed by atoms with Crippen molar-refractivity contribution < 1.29 is 9.90 Å². The molecule has 0 amide bonds. The summed E-state index contributed by atoms with van der Waals surface area (Å²) in [6.07, 6.45) is 4.28. The van der Waals surface area contributed by atoms with Crippen molar-refractivity contribution in [3.63, 3.8) is 0 Å². The highest BCUT2D eigenvalue weighted by molar-refractivity contribution is 5.73. The monoisotopic (exact) mass is 171 g/mol. The molecule has 3 heteroatoms. The van der Waals surface area contributed by atoms with Crippen LogP contribution in [0, 0.1) is 5.92 Å². The molecule has 0 saturated carbocycles. The van der Waals surface area contributed by atoms with Gasteiger partial charge in [-0.2, -0.15) is 0 Å². The largest absolute Gasteiger partial charge is 0.480 e. The molecular formula is C9H17NO2. The van der Waals surface area contributed by atoms with E-state index in [0.29, 0.717) is 5.92 Å². The predicted molar refractivity (Wildman–Crippen MR) is 47.1 cm³/mol. The average Bonchev–Trinajstić information content (AvgIpc) is 2.05. The van der Waals surface area contributed by atoms with Crippen LogP contribution in [0.4, 0.5) is 0 Å². The molecule has 1 rings (SSSR count). The Morgan fingerprint density at radius 1 is 1.67 bits per heavy atom. The standard InChI is InChI=1S/C9H17NO2/c1-2-3-7-4-5-10-8(6-7)9(11)12/h7-8,10H,2-6H2,1H3,(H,11,12)/t7-,8-/m1/s1. The Hall–Kier alpha value is -0.570. The quantitative estimate of drug-likeness (QED) is 0.671. The summed E-state index contributed by atoms with van der Waals surface area (Å²) < 4.78 is 0. The molecule has 0 aromatic rings. The maximum Gasteiger partial charge on any atom is 0.320 e. The van der Waals surface area contributed by atoms with Crippen molar-refractivity contribution in [2.45, 2.75) is 38.6 Å². The fourth-order valence-corrected chi connectivity index (χ4v) is 1.85. The lowest BCUT2D eigenvalue weighted by atomic mass is 9.89. The fraction of sp³-hybridized carbons (Fsp3) is 0.889. The van der Waals surface area contributed by atoms with Gasteiger partial charge in [0.2, 0.25) is 0 Å². The van der Waals surface area contributed by atoms with Crippen LogP contribution in [-0.4, -0.2) is 23.7 Å². The molecule has 0 aromatic heterocycles. The molecule has 0 aromatic carbocycles. The smallest absolute Gasteiger partial charge is 0.320 e. The maximum atomic E-state index is 10.6. The van der Waals surface area contributed by atoms with Crippen LogP contribution in [0.2, 0.25) is 0 Å². The van der Waals surface area contributed by atoms with Gasteiger partial charge in [0.1, 0.15) is 6.04 Å². The van der Waals surface area contributed by atoms with Gasteiger partial charge in [-0.25, -0.2) is 0 Å². The van der Waals surface area contributed by atoms with Crippen molar-refractivity contribution in [1.29, 1.82) is 0 Å². The molecule has 2 atom stereocenters. The Labute approximate surface area is 73.2 Å². The summed E-state index contributed by atoms with van der Waals surface area (Å²) in [5.41, 5.74) is 0. The first kappa shape index (κ1) is 9.52. The minimum Gasteiger partial charge on any atom is -0.480 e. The molecule has 3 nitrogen and oxygen atoms in total. The number of piperidine rings is 1. The number of carboxylic acids is 1. The molecule has 1 heterocycles. The van der Waals surface area contributed by atoms with E-state index in [2.05, 4.69) is 12.2 Å². The average molecular weight is 171 g/mol. The molecule has 1 aliphatic rings. The summed E-state index contributed by atoms with van der Waals surface area (Å²) in [7, 11) is 0. The van der Waals surface area contributed by atoms with E-state index >= 15 is 0 Å². The Balaban J connectivity index is 2.35. The third-order valence-electron chi connectivity index (χ3n) is 2.51. The highest BCUT2D eigenvalue weighted by Gasteiger charge is 2.25. The second kappa shape index (κ2) is 4.45. The van der Waals surface area contributed by atoms with Crippen LogP contribution < -0.4 is 5.32 Å². The van der Waals surface area contributed by atoms with E-state index in [1.165, 1.54) is 6.42 Å².